The number of thioether (sulfide) groups is 1. The lowest BCUT2D eigenvalue weighted by atomic mass is 10.1. The van der Waals surface area contributed by atoms with Crippen molar-refractivity contribution in [3.63, 3.8) is 0 Å². The first kappa shape index (κ1) is 18.1. The van der Waals surface area contributed by atoms with Gasteiger partial charge >= 0.3 is 0 Å². The lowest BCUT2D eigenvalue weighted by Gasteiger charge is -2.10. The van der Waals surface area contributed by atoms with Crippen molar-refractivity contribution in [2.45, 2.75) is 32.0 Å². The molecule has 0 aliphatic heterocycles. The number of aryl methyl sites for hydroxylation is 1. The zero-order chi connectivity index (χ0) is 18.4. The van der Waals surface area contributed by atoms with Gasteiger partial charge in [0.25, 0.3) is 0 Å². The molecule has 1 N–H and O–H groups in total. The molecule has 0 bridgehead atoms. The van der Waals surface area contributed by atoms with Crippen LogP contribution in [-0.2, 0) is 17.8 Å². The van der Waals surface area contributed by atoms with Crippen molar-refractivity contribution in [3.8, 4) is 11.4 Å². The fourth-order valence-corrected chi connectivity index (χ4v) is 3.46. The molecule has 0 radical (unpaired) electrons. The molecule has 3 aromatic rings. The number of nitrogens with zero attached hydrogens (tertiary/aromatic N) is 4. The maximum atomic E-state index is 12.3. The van der Waals surface area contributed by atoms with E-state index in [1.807, 2.05) is 47.9 Å². The third kappa shape index (κ3) is 4.11. The number of pyridine rings is 1. The second-order valence-corrected chi connectivity index (χ2v) is 6.58. The summed E-state index contributed by atoms with van der Waals surface area (Å²) in [5.74, 6) is 1.02. The van der Waals surface area contributed by atoms with Gasteiger partial charge in [-0.05, 0) is 37.1 Å². The van der Waals surface area contributed by atoms with E-state index in [9.17, 15) is 4.79 Å². The van der Waals surface area contributed by atoms with Crippen LogP contribution in [0.1, 0.15) is 19.4 Å². The van der Waals surface area contributed by atoms with E-state index in [1.165, 1.54) is 11.8 Å². The van der Waals surface area contributed by atoms with Gasteiger partial charge in [0, 0.05) is 30.2 Å². The van der Waals surface area contributed by atoms with E-state index in [0.717, 1.165) is 40.8 Å². The first-order valence-electron chi connectivity index (χ1n) is 8.57. The molecule has 0 spiro atoms. The van der Waals surface area contributed by atoms with Gasteiger partial charge in [-0.2, -0.15) is 0 Å². The normalized spacial score (nSPS) is 10.7. The predicted octanol–water partition coefficient (Wildman–Crippen LogP) is 3.65. The largest absolute Gasteiger partial charge is 0.325 e. The van der Waals surface area contributed by atoms with Gasteiger partial charge in [0.2, 0.25) is 5.91 Å². The van der Waals surface area contributed by atoms with Crippen LogP contribution in [-0.4, -0.2) is 31.4 Å². The van der Waals surface area contributed by atoms with Crippen LogP contribution >= 0.6 is 11.8 Å². The summed E-state index contributed by atoms with van der Waals surface area (Å²) in [6, 6.07) is 11.7. The molecule has 0 aliphatic carbocycles. The molecule has 1 amide bonds. The molecule has 6 nitrogen and oxygen atoms in total. The Kier molecular flexibility index (Phi) is 6.01. The minimum atomic E-state index is -0.0491. The van der Waals surface area contributed by atoms with Crippen molar-refractivity contribution in [3.05, 3.63) is 54.4 Å². The Balaban J connectivity index is 1.68. The van der Waals surface area contributed by atoms with Crippen LogP contribution in [0.2, 0.25) is 0 Å². The zero-order valence-corrected chi connectivity index (χ0v) is 15.7. The summed E-state index contributed by atoms with van der Waals surface area (Å²) in [5.41, 5.74) is 2.96. The molecule has 0 atom stereocenters. The number of nitrogens with one attached hydrogen (secondary N) is 1. The van der Waals surface area contributed by atoms with Crippen LogP contribution in [0.5, 0.6) is 0 Å². The number of hydrogen-bond donors (Lipinski definition) is 1. The quantitative estimate of drug-likeness (QED) is 0.645. The van der Waals surface area contributed by atoms with Gasteiger partial charge in [0.05, 0.1) is 5.75 Å². The predicted molar refractivity (Wildman–Crippen MR) is 104 cm³/mol. The van der Waals surface area contributed by atoms with Crippen molar-refractivity contribution < 1.29 is 4.79 Å². The molecule has 2 heterocycles. The standard InChI is InChI=1S/C19H21N5OS/c1-3-14-7-5-6-8-16(14)21-17(25)13-26-19-23-22-18(24(19)4-2)15-9-11-20-12-10-15/h5-12H,3-4,13H2,1-2H3,(H,21,25). The van der Waals surface area contributed by atoms with Gasteiger partial charge in [0.15, 0.2) is 11.0 Å². The van der Waals surface area contributed by atoms with Crippen molar-refractivity contribution in [1.29, 1.82) is 0 Å². The van der Waals surface area contributed by atoms with Crippen molar-refractivity contribution in [2.75, 3.05) is 11.1 Å². The average molecular weight is 367 g/mol. The van der Waals surface area contributed by atoms with Gasteiger partial charge < -0.3 is 9.88 Å². The van der Waals surface area contributed by atoms with Crippen molar-refractivity contribution in [1.82, 2.24) is 19.7 Å². The number of hydrogen-bond acceptors (Lipinski definition) is 5. The Bertz CT molecular complexity index is 879. The first-order valence-corrected chi connectivity index (χ1v) is 9.55. The van der Waals surface area contributed by atoms with Crippen LogP contribution < -0.4 is 5.32 Å². The van der Waals surface area contributed by atoms with E-state index in [2.05, 4.69) is 27.4 Å². The molecule has 0 saturated heterocycles. The van der Waals surface area contributed by atoms with Gasteiger partial charge in [0.1, 0.15) is 0 Å². The van der Waals surface area contributed by atoms with E-state index < -0.39 is 0 Å². The fourth-order valence-electron chi connectivity index (χ4n) is 2.66. The fraction of sp³-hybridized carbons (Fsp3) is 0.263. The molecule has 7 heteroatoms. The molecule has 0 aliphatic rings. The van der Waals surface area contributed by atoms with Gasteiger partial charge in [-0.25, -0.2) is 0 Å². The van der Waals surface area contributed by atoms with Crippen LogP contribution in [0.25, 0.3) is 11.4 Å². The van der Waals surface area contributed by atoms with Crippen molar-refractivity contribution >= 4 is 23.4 Å². The molecule has 0 unspecified atom stereocenters. The third-order valence-electron chi connectivity index (χ3n) is 3.98. The lowest BCUT2D eigenvalue weighted by Crippen LogP contribution is -2.15. The number of carbonyl (C=O) groups is 1. The van der Waals surface area contributed by atoms with Crippen molar-refractivity contribution in [2.24, 2.45) is 0 Å². The second kappa shape index (κ2) is 8.62. The summed E-state index contributed by atoms with van der Waals surface area (Å²) in [6.07, 6.45) is 4.34. The molecule has 26 heavy (non-hydrogen) atoms. The van der Waals surface area contributed by atoms with E-state index in [1.54, 1.807) is 12.4 Å². The van der Waals surface area contributed by atoms with E-state index >= 15 is 0 Å². The monoisotopic (exact) mass is 367 g/mol. The topological polar surface area (TPSA) is 72.7 Å². The molecular formula is C19H21N5OS. The Morgan fingerprint density at radius 2 is 1.88 bits per heavy atom. The zero-order valence-electron chi connectivity index (χ0n) is 14.8. The van der Waals surface area contributed by atoms with E-state index in [0.29, 0.717) is 0 Å². The number of para-hydroxylation sites is 1. The smallest absolute Gasteiger partial charge is 0.234 e. The molecular weight excluding hydrogens is 346 g/mol. The van der Waals surface area contributed by atoms with Gasteiger partial charge in [-0.15, -0.1) is 10.2 Å². The summed E-state index contributed by atoms with van der Waals surface area (Å²) < 4.78 is 2.01. The first-order chi connectivity index (χ1) is 12.7. The highest BCUT2D eigenvalue weighted by Gasteiger charge is 2.15. The number of anilines is 1. The molecule has 3 rings (SSSR count). The van der Waals surface area contributed by atoms with Gasteiger partial charge in [-0.1, -0.05) is 36.9 Å². The summed E-state index contributed by atoms with van der Waals surface area (Å²) in [5, 5.41) is 12.2. The highest BCUT2D eigenvalue weighted by atomic mass is 32.2. The van der Waals surface area contributed by atoms with Gasteiger partial charge in [-0.3, -0.25) is 9.78 Å². The minimum absolute atomic E-state index is 0.0491. The summed E-state index contributed by atoms with van der Waals surface area (Å²) >= 11 is 1.39. The second-order valence-electron chi connectivity index (χ2n) is 5.63. The Morgan fingerprint density at radius 1 is 1.12 bits per heavy atom. The van der Waals surface area contributed by atoms with Crippen LogP contribution in [0.15, 0.2) is 53.9 Å². The molecule has 2 aromatic heterocycles. The van der Waals surface area contributed by atoms with Crippen LogP contribution in [0.3, 0.4) is 0 Å². The molecule has 0 saturated carbocycles. The molecule has 1 aromatic carbocycles. The Labute approximate surface area is 157 Å². The number of benzene rings is 1. The Morgan fingerprint density at radius 3 is 2.62 bits per heavy atom. The SMILES string of the molecule is CCc1ccccc1NC(=O)CSc1nnc(-c2ccncc2)n1CC. The average Bonchev–Trinajstić information content (AvgIpc) is 3.10. The third-order valence-corrected chi connectivity index (χ3v) is 4.94. The minimum Gasteiger partial charge on any atom is -0.325 e. The highest BCUT2D eigenvalue weighted by molar-refractivity contribution is 7.99. The number of carbonyl (C=O) groups excluding carboxylic acids is 1. The summed E-state index contributed by atoms with van der Waals surface area (Å²) in [6.45, 7) is 4.84. The number of amides is 1. The summed E-state index contributed by atoms with van der Waals surface area (Å²) in [7, 11) is 0. The summed E-state index contributed by atoms with van der Waals surface area (Å²) in [4.78, 5) is 16.4. The molecule has 134 valence electrons. The highest BCUT2D eigenvalue weighted by Crippen LogP contribution is 2.24. The maximum Gasteiger partial charge on any atom is 0.234 e. The van der Waals surface area contributed by atoms with Crippen LogP contribution in [0.4, 0.5) is 5.69 Å². The van der Waals surface area contributed by atoms with E-state index in [-0.39, 0.29) is 11.7 Å². The van der Waals surface area contributed by atoms with E-state index in [4.69, 9.17) is 0 Å². The number of rotatable bonds is 7. The Hall–Kier alpha value is -2.67. The maximum absolute atomic E-state index is 12.3. The molecule has 0 fully saturated rings. The lowest BCUT2D eigenvalue weighted by molar-refractivity contribution is -0.113. The van der Waals surface area contributed by atoms with Crippen LogP contribution in [0, 0.1) is 0 Å². The number of aromatic nitrogens is 4.